The number of furan rings is 1. The maximum atomic E-state index is 12.2. The number of nitrogens with one attached hydrogen (secondary N) is 1. The molecule has 2 unspecified atom stereocenters. The molecule has 0 saturated heterocycles. The van der Waals surface area contributed by atoms with Gasteiger partial charge in [-0.15, -0.1) is 0 Å². The van der Waals surface area contributed by atoms with Crippen molar-refractivity contribution >= 4 is 5.91 Å². The molecular weight excluding hydrogens is 254 g/mol. The second-order valence-electron chi connectivity index (χ2n) is 5.84. The van der Waals surface area contributed by atoms with E-state index in [4.69, 9.17) is 4.42 Å². The summed E-state index contributed by atoms with van der Waals surface area (Å²) in [6.07, 6.45) is 10.9. The van der Waals surface area contributed by atoms with E-state index in [9.17, 15) is 9.90 Å². The van der Waals surface area contributed by atoms with Crippen molar-refractivity contribution in [2.75, 3.05) is 6.54 Å². The molecule has 2 aliphatic rings. The maximum Gasteiger partial charge on any atom is 0.223 e. The molecule has 4 heteroatoms. The van der Waals surface area contributed by atoms with Gasteiger partial charge in [0.1, 0.15) is 11.4 Å². The van der Waals surface area contributed by atoms with Crippen LogP contribution in [0.2, 0.25) is 0 Å². The zero-order valence-corrected chi connectivity index (χ0v) is 11.6. The summed E-state index contributed by atoms with van der Waals surface area (Å²) in [6, 6.07) is 1.82. The minimum Gasteiger partial charge on any atom is -0.469 e. The van der Waals surface area contributed by atoms with Crippen LogP contribution < -0.4 is 5.32 Å². The largest absolute Gasteiger partial charge is 0.469 e. The Morgan fingerprint density at radius 1 is 1.50 bits per heavy atom. The lowest BCUT2D eigenvalue weighted by atomic mass is 9.82. The number of aryl methyl sites for hydroxylation is 1. The first-order chi connectivity index (χ1) is 9.69. The Bertz CT molecular complexity index is 520. The van der Waals surface area contributed by atoms with E-state index >= 15 is 0 Å². The fourth-order valence-electron chi connectivity index (χ4n) is 3.22. The molecule has 1 heterocycles. The lowest BCUT2D eigenvalue weighted by Crippen LogP contribution is -2.44. The molecule has 2 aliphatic carbocycles. The summed E-state index contributed by atoms with van der Waals surface area (Å²) in [5.74, 6) is 0.961. The molecule has 20 heavy (non-hydrogen) atoms. The summed E-state index contributed by atoms with van der Waals surface area (Å²) in [4.78, 5) is 12.2. The number of carbonyl (C=O) groups is 1. The van der Waals surface area contributed by atoms with Crippen molar-refractivity contribution in [3.8, 4) is 0 Å². The topological polar surface area (TPSA) is 62.5 Å². The smallest absolute Gasteiger partial charge is 0.223 e. The Kier molecular flexibility index (Phi) is 3.66. The van der Waals surface area contributed by atoms with Crippen LogP contribution in [0.4, 0.5) is 0 Å². The normalized spacial score (nSPS) is 28.9. The molecule has 0 fully saturated rings. The number of carbonyl (C=O) groups excluding carboxylic acids is 1. The molecule has 0 aliphatic heterocycles. The Morgan fingerprint density at radius 2 is 2.40 bits per heavy atom. The lowest BCUT2D eigenvalue weighted by molar-refractivity contribution is -0.126. The van der Waals surface area contributed by atoms with Crippen LogP contribution in [0, 0.1) is 5.92 Å². The molecule has 4 nitrogen and oxygen atoms in total. The van der Waals surface area contributed by atoms with Gasteiger partial charge in [0.05, 0.1) is 12.8 Å². The molecule has 0 aromatic carbocycles. The predicted octanol–water partition coefficient (Wildman–Crippen LogP) is 2.28. The molecule has 0 bridgehead atoms. The maximum absolute atomic E-state index is 12.2. The van der Waals surface area contributed by atoms with Gasteiger partial charge in [0.15, 0.2) is 0 Å². The van der Waals surface area contributed by atoms with Crippen molar-refractivity contribution < 1.29 is 14.3 Å². The highest BCUT2D eigenvalue weighted by Gasteiger charge is 2.37. The second-order valence-corrected chi connectivity index (χ2v) is 5.84. The van der Waals surface area contributed by atoms with Crippen molar-refractivity contribution in [1.82, 2.24) is 5.32 Å². The lowest BCUT2D eigenvalue weighted by Gasteiger charge is -2.32. The Balaban J connectivity index is 1.64. The fraction of sp³-hybridized carbons (Fsp3) is 0.562. The standard InChI is InChI=1S/C16H21NO3/c18-15(12-5-2-1-3-6-12)17-11-16(19)9-4-7-14-13(16)8-10-20-14/h1-2,8,10,12,19H,3-7,9,11H2,(H,17,18). The predicted molar refractivity (Wildman–Crippen MR) is 75.0 cm³/mol. The average Bonchev–Trinajstić information content (AvgIpc) is 2.96. The third-order valence-electron chi connectivity index (χ3n) is 4.44. The Labute approximate surface area is 118 Å². The molecule has 2 N–H and O–H groups in total. The van der Waals surface area contributed by atoms with Gasteiger partial charge in [-0.25, -0.2) is 0 Å². The molecule has 1 amide bonds. The number of hydrogen-bond acceptors (Lipinski definition) is 3. The molecule has 0 radical (unpaired) electrons. The van der Waals surface area contributed by atoms with Crippen molar-refractivity contribution in [2.24, 2.45) is 5.92 Å². The summed E-state index contributed by atoms with van der Waals surface area (Å²) in [5.41, 5.74) is -0.131. The van der Waals surface area contributed by atoms with E-state index < -0.39 is 5.60 Å². The highest BCUT2D eigenvalue weighted by Crippen LogP contribution is 2.35. The summed E-state index contributed by atoms with van der Waals surface area (Å²) in [7, 11) is 0. The van der Waals surface area contributed by atoms with E-state index in [1.165, 1.54) is 0 Å². The SMILES string of the molecule is O=C(NCC1(O)CCCc2occc21)C1CC=CCC1. The van der Waals surface area contributed by atoms with Crippen molar-refractivity contribution in [1.29, 1.82) is 0 Å². The van der Waals surface area contributed by atoms with E-state index in [2.05, 4.69) is 17.5 Å². The summed E-state index contributed by atoms with van der Waals surface area (Å²) in [5, 5.41) is 13.7. The van der Waals surface area contributed by atoms with Crippen LogP contribution in [0.25, 0.3) is 0 Å². The van der Waals surface area contributed by atoms with E-state index in [0.29, 0.717) is 6.42 Å². The number of allylic oxidation sites excluding steroid dienone is 2. The zero-order chi connectivity index (χ0) is 14.0. The summed E-state index contributed by atoms with van der Waals surface area (Å²) >= 11 is 0. The van der Waals surface area contributed by atoms with Gasteiger partial charge in [-0.1, -0.05) is 12.2 Å². The number of fused-ring (bicyclic) bond motifs is 1. The van der Waals surface area contributed by atoms with Gasteiger partial charge in [-0.3, -0.25) is 4.79 Å². The average molecular weight is 275 g/mol. The molecule has 108 valence electrons. The van der Waals surface area contributed by atoms with Crippen LogP contribution in [-0.4, -0.2) is 17.6 Å². The van der Waals surface area contributed by atoms with Crippen molar-refractivity contribution in [2.45, 2.75) is 44.1 Å². The molecular formula is C16H21NO3. The Morgan fingerprint density at radius 3 is 3.20 bits per heavy atom. The van der Waals surface area contributed by atoms with Gasteiger partial charge in [0, 0.05) is 17.9 Å². The first kappa shape index (κ1) is 13.4. The molecule has 3 rings (SSSR count). The van der Waals surface area contributed by atoms with Gasteiger partial charge in [0.2, 0.25) is 5.91 Å². The van der Waals surface area contributed by atoms with Gasteiger partial charge < -0.3 is 14.8 Å². The monoisotopic (exact) mass is 275 g/mol. The highest BCUT2D eigenvalue weighted by atomic mass is 16.3. The van der Waals surface area contributed by atoms with Crippen LogP contribution in [0.15, 0.2) is 28.9 Å². The third kappa shape index (κ3) is 2.52. The molecule has 0 spiro atoms. The number of amides is 1. The van der Waals surface area contributed by atoms with Gasteiger partial charge in [0.25, 0.3) is 0 Å². The zero-order valence-electron chi connectivity index (χ0n) is 11.6. The number of rotatable bonds is 3. The van der Waals surface area contributed by atoms with E-state index in [1.807, 2.05) is 6.07 Å². The number of hydrogen-bond donors (Lipinski definition) is 2. The summed E-state index contributed by atoms with van der Waals surface area (Å²) in [6.45, 7) is 0.276. The molecule has 0 saturated carbocycles. The number of aliphatic hydroxyl groups is 1. The second kappa shape index (κ2) is 5.44. The Hall–Kier alpha value is -1.55. The van der Waals surface area contributed by atoms with E-state index in [-0.39, 0.29) is 18.4 Å². The van der Waals surface area contributed by atoms with Gasteiger partial charge in [-0.2, -0.15) is 0 Å². The minimum absolute atomic E-state index is 0.0519. The van der Waals surface area contributed by atoms with Crippen molar-refractivity contribution in [3.05, 3.63) is 35.8 Å². The molecule has 1 aromatic heterocycles. The molecule has 1 aromatic rings. The van der Waals surface area contributed by atoms with Crippen LogP contribution in [0.5, 0.6) is 0 Å². The van der Waals surface area contributed by atoms with Crippen LogP contribution in [0.3, 0.4) is 0 Å². The van der Waals surface area contributed by atoms with Crippen LogP contribution >= 0.6 is 0 Å². The van der Waals surface area contributed by atoms with Crippen LogP contribution in [0.1, 0.15) is 43.4 Å². The fourth-order valence-corrected chi connectivity index (χ4v) is 3.22. The first-order valence-electron chi connectivity index (χ1n) is 7.41. The highest BCUT2D eigenvalue weighted by molar-refractivity contribution is 5.79. The van der Waals surface area contributed by atoms with E-state index in [1.54, 1.807) is 6.26 Å². The quantitative estimate of drug-likeness (QED) is 0.832. The van der Waals surface area contributed by atoms with Crippen LogP contribution in [-0.2, 0) is 16.8 Å². The van der Waals surface area contributed by atoms with Gasteiger partial charge >= 0.3 is 0 Å². The minimum atomic E-state index is -0.971. The third-order valence-corrected chi connectivity index (χ3v) is 4.44. The summed E-state index contributed by atoms with van der Waals surface area (Å²) < 4.78 is 5.39. The van der Waals surface area contributed by atoms with Crippen molar-refractivity contribution in [3.63, 3.8) is 0 Å². The first-order valence-corrected chi connectivity index (χ1v) is 7.41. The van der Waals surface area contributed by atoms with E-state index in [0.717, 1.165) is 43.4 Å². The van der Waals surface area contributed by atoms with Gasteiger partial charge in [-0.05, 0) is 38.2 Å². The molecule has 2 atom stereocenters.